The van der Waals surface area contributed by atoms with Crippen LogP contribution in [0.25, 0.3) is 11.2 Å². The summed E-state index contributed by atoms with van der Waals surface area (Å²) >= 11 is 1.49. The third kappa shape index (κ3) is 4.30. The molecule has 5 heterocycles. The molecule has 1 atom stereocenters. The molecule has 0 aliphatic carbocycles. The zero-order chi connectivity index (χ0) is 21.4. The molecule has 164 valence electrons. The van der Waals surface area contributed by atoms with E-state index in [0.717, 1.165) is 65.6 Å². The number of rotatable bonds is 6. The lowest BCUT2D eigenvalue weighted by Crippen LogP contribution is -2.33. The molecule has 3 aromatic heterocycles. The van der Waals surface area contributed by atoms with Gasteiger partial charge in [-0.1, -0.05) is 6.92 Å². The molecule has 0 amide bonds. The molecule has 2 aliphatic heterocycles. The molecule has 5 rings (SSSR count). The predicted molar refractivity (Wildman–Crippen MR) is 125 cm³/mol. The number of hydrogen-bond acceptors (Lipinski definition) is 8. The van der Waals surface area contributed by atoms with E-state index in [1.807, 2.05) is 19.3 Å². The van der Waals surface area contributed by atoms with Crippen LogP contribution < -0.4 is 10.7 Å². The van der Waals surface area contributed by atoms with Crippen LogP contribution in [0.15, 0.2) is 24.7 Å². The molecular formula is C22H30N8S. The second-order valence-electron chi connectivity index (χ2n) is 8.63. The monoisotopic (exact) mass is 438 g/mol. The number of likely N-dealkylation sites (tertiary alicyclic amines) is 1. The zero-order valence-corrected chi connectivity index (χ0v) is 19.2. The van der Waals surface area contributed by atoms with Crippen molar-refractivity contribution in [2.75, 3.05) is 31.5 Å². The van der Waals surface area contributed by atoms with E-state index in [9.17, 15) is 0 Å². The Morgan fingerprint density at radius 2 is 2.26 bits per heavy atom. The largest absolute Gasteiger partial charge is 0.328 e. The first kappa shape index (κ1) is 20.4. The van der Waals surface area contributed by atoms with Crippen molar-refractivity contribution in [2.45, 2.75) is 40.2 Å². The molecule has 8 nitrogen and oxygen atoms in total. The maximum atomic E-state index is 4.73. The Morgan fingerprint density at radius 1 is 1.35 bits per heavy atom. The molecule has 3 aromatic rings. The van der Waals surface area contributed by atoms with Gasteiger partial charge in [0.05, 0.1) is 23.3 Å². The van der Waals surface area contributed by atoms with Crippen LogP contribution in [0.4, 0.5) is 10.8 Å². The molecule has 2 N–H and O–H groups in total. The van der Waals surface area contributed by atoms with E-state index < -0.39 is 0 Å². The van der Waals surface area contributed by atoms with E-state index in [0.29, 0.717) is 0 Å². The van der Waals surface area contributed by atoms with Gasteiger partial charge in [-0.3, -0.25) is 9.30 Å². The number of anilines is 2. The number of hydrazine groups is 1. The third-order valence-corrected chi connectivity index (χ3v) is 6.74. The standard InChI is InChI=1S/C22H30N8S/c1-4-29-13-17(9-24-29)19-10-23-22-21(25-16(3)12-30(19)22)26-20-8-18(27-31-20)14-28-7-5-6-15(2)11-28/h8,10,12-13,15,24H,4-7,9,11,14H2,1-3H3,(H,25,26). The van der Waals surface area contributed by atoms with Gasteiger partial charge in [-0.2, -0.15) is 4.37 Å². The number of nitrogens with zero attached hydrogens (tertiary/aromatic N) is 6. The lowest BCUT2D eigenvalue weighted by atomic mass is 10.0. The zero-order valence-electron chi connectivity index (χ0n) is 18.4. The molecule has 1 saturated heterocycles. The fourth-order valence-electron chi connectivity index (χ4n) is 4.48. The summed E-state index contributed by atoms with van der Waals surface area (Å²) in [4.78, 5) is 11.9. The van der Waals surface area contributed by atoms with Crippen molar-refractivity contribution in [1.29, 1.82) is 0 Å². The van der Waals surface area contributed by atoms with Crippen LogP contribution in [0.2, 0.25) is 0 Å². The Kier molecular flexibility index (Phi) is 5.64. The van der Waals surface area contributed by atoms with Gasteiger partial charge < -0.3 is 10.3 Å². The number of imidazole rings is 1. The molecule has 0 spiro atoms. The van der Waals surface area contributed by atoms with Crippen molar-refractivity contribution in [3.05, 3.63) is 41.7 Å². The summed E-state index contributed by atoms with van der Waals surface area (Å²) in [7, 11) is 0. The van der Waals surface area contributed by atoms with Crippen molar-refractivity contribution < 1.29 is 0 Å². The first-order valence-corrected chi connectivity index (χ1v) is 11.9. The number of nitrogens with one attached hydrogen (secondary N) is 2. The van der Waals surface area contributed by atoms with E-state index in [1.54, 1.807) is 0 Å². The quantitative estimate of drug-likeness (QED) is 0.608. The third-order valence-electron chi connectivity index (χ3n) is 5.99. The molecule has 2 aliphatic rings. The SMILES string of the molecule is CCN1C=C(c2cnc3c(Nc4cc(CN5CCCC(C)C5)ns4)nc(C)cn23)CN1. The Balaban J connectivity index is 1.37. The molecule has 1 unspecified atom stereocenters. The van der Waals surface area contributed by atoms with Crippen LogP contribution in [-0.2, 0) is 6.54 Å². The van der Waals surface area contributed by atoms with Crippen LogP contribution in [0, 0.1) is 12.8 Å². The second-order valence-corrected chi connectivity index (χ2v) is 9.44. The van der Waals surface area contributed by atoms with Crippen LogP contribution in [0.5, 0.6) is 0 Å². The molecule has 9 heteroatoms. The highest BCUT2D eigenvalue weighted by Gasteiger charge is 2.20. The molecule has 0 saturated carbocycles. The highest BCUT2D eigenvalue weighted by Crippen LogP contribution is 2.28. The van der Waals surface area contributed by atoms with Gasteiger partial charge in [0.1, 0.15) is 5.00 Å². The number of hydrogen-bond donors (Lipinski definition) is 2. The second kappa shape index (κ2) is 8.57. The van der Waals surface area contributed by atoms with Crippen molar-refractivity contribution in [3.63, 3.8) is 0 Å². The summed E-state index contributed by atoms with van der Waals surface area (Å²) < 4.78 is 6.81. The van der Waals surface area contributed by atoms with E-state index in [4.69, 9.17) is 4.98 Å². The van der Waals surface area contributed by atoms with E-state index in [2.05, 4.69) is 60.5 Å². The number of fused-ring (bicyclic) bond motifs is 1. The lowest BCUT2D eigenvalue weighted by Gasteiger charge is -2.30. The van der Waals surface area contributed by atoms with E-state index in [-0.39, 0.29) is 0 Å². The lowest BCUT2D eigenvalue weighted by molar-refractivity contribution is 0.175. The smallest absolute Gasteiger partial charge is 0.180 e. The van der Waals surface area contributed by atoms with Gasteiger partial charge in [0, 0.05) is 44.1 Å². The summed E-state index contributed by atoms with van der Waals surface area (Å²) in [5.74, 6) is 1.55. The van der Waals surface area contributed by atoms with Crippen LogP contribution in [0.3, 0.4) is 0 Å². The fourth-order valence-corrected chi connectivity index (χ4v) is 5.13. The number of aromatic nitrogens is 4. The molecule has 0 radical (unpaired) electrons. The first-order valence-electron chi connectivity index (χ1n) is 11.1. The topological polar surface area (TPSA) is 73.6 Å². The maximum Gasteiger partial charge on any atom is 0.180 e. The van der Waals surface area contributed by atoms with E-state index in [1.165, 1.54) is 36.5 Å². The van der Waals surface area contributed by atoms with Crippen LogP contribution >= 0.6 is 11.5 Å². The summed E-state index contributed by atoms with van der Waals surface area (Å²) in [6.45, 7) is 11.5. The van der Waals surface area contributed by atoms with Crippen molar-refractivity contribution in [2.24, 2.45) is 5.92 Å². The van der Waals surface area contributed by atoms with Crippen molar-refractivity contribution >= 4 is 33.6 Å². The summed E-state index contributed by atoms with van der Waals surface area (Å²) in [6, 6.07) is 2.15. The van der Waals surface area contributed by atoms with Crippen LogP contribution in [-0.4, -0.2) is 54.8 Å². The summed E-state index contributed by atoms with van der Waals surface area (Å²) in [6.07, 6.45) is 8.76. The minimum Gasteiger partial charge on any atom is -0.328 e. The van der Waals surface area contributed by atoms with Gasteiger partial charge in [0.2, 0.25) is 0 Å². The Bertz CT molecular complexity index is 1100. The van der Waals surface area contributed by atoms with Gasteiger partial charge in [-0.05, 0) is 56.8 Å². The number of aryl methyl sites for hydroxylation is 1. The minimum absolute atomic E-state index is 0.770. The van der Waals surface area contributed by atoms with Gasteiger partial charge >= 0.3 is 0 Å². The van der Waals surface area contributed by atoms with Crippen LogP contribution in [0.1, 0.15) is 43.8 Å². The van der Waals surface area contributed by atoms with Crippen molar-refractivity contribution in [1.82, 2.24) is 34.1 Å². The van der Waals surface area contributed by atoms with E-state index >= 15 is 0 Å². The highest BCUT2D eigenvalue weighted by molar-refractivity contribution is 7.10. The van der Waals surface area contributed by atoms with Gasteiger partial charge in [-0.25, -0.2) is 15.4 Å². The molecule has 0 aromatic carbocycles. The minimum atomic E-state index is 0.770. The summed E-state index contributed by atoms with van der Waals surface area (Å²) in [5, 5.41) is 6.58. The predicted octanol–water partition coefficient (Wildman–Crippen LogP) is 3.65. The Labute approximate surface area is 187 Å². The van der Waals surface area contributed by atoms with Gasteiger partial charge in [0.25, 0.3) is 0 Å². The Morgan fingerprint density at radius 3 is 3.06 bits per heavy atom. The fraction of sp³-hybridized carbons (Fsp3) is 0.500. The average molecular weight is 439 g/mol. The Hall–Kier alpha value is -2.49. The molecule has 31 heavy (non-hydrogen) atoms. The van der Waals surface area contributed by atoms with Gasteiger partial charge in [0.15, 0.2) is 11.5 Å². The first-order chi connectivity index (χ1) is 15.1. The highest BCUT2D eigenvalue weighted by atomic mass is 32.1. The normalized spacial score (nSPS) is 19.9. The number of piperidine rings is 1. The average Bonchev–Trinajstić information content (AvgIpc) is 3.47. The molecule has 0 bridgehead atoms. The van der Waals surface area contributed by atoms with Gasteiger partial charge in [-0.15, -0.1) is 0 Å². The maximum absolute atomic E-state index is 4.73. The van der Waals surface area contributed by atoms with Crippen molar-refractivity contribution in [3.8, 4) is 0 Å². The summed E-state index contributed by atoms with van der Waals surface area (Å²) in [5.41, 5.74) is 8.59. The molecule has 1 fully saturated rings. The molecular weight excluding hydrogens is 408 g/mol.